The van der Waals surface area contributed by atoms with Gasteiger partial charge in [-0.2, -0.15) is 9.40 Å². The maximum absolute atomic E-state index is 12.9. The molecule has 1 unspecified atom stereocenters. The molecule has 8 heteroatoms. The Balaban J connectivity index is 1.78. The molecule has 1 aromatic carbocycles. The molecule has 1 saturated heterocycles. The van der Waals surface area contributed by atoms with Gasteiger partial charge >= 0.3 is 0 Å². The van der Waals surface area contributed by atoms with E-state index < -0.39 is 10.0 Å². The van der Waals surface area contributed by atoms with Crippen molar-refractivity contribution in [3.63, 3.8) is 0 Å². The summed E-state index contributed by atoms with van der Waals surface area (Å²) in [5.41, 5.74) is 0.632. The smallest absolute Gasteiger partial charge is 0.246 e. The maximum atomic E-state index is 12.9. The summed E-state index contributed by atoms with van der Waals surface area (Å²) in [4.78, 5) is 0.257. The topological polar surface area (TPSA) is 73.7 Å². The Morgan fingerprint density at radius 3 is 2.60 bits per heavy atom. The number of piperidine rings is 1. The molecule has 0 bridgehead atoms. The van der Waals surface area contributed by atoms with Crippen molar-refractivity contribution in [1.82, 2.24) is 14.1 Å². The third-order valence-electron chi connectivity index (χ3n) is 4.51. The van der Waals surface area contributed by atoms with Crippen molar-refractivity contribution in [2.24, 2.45) is 7.05 Å². The summed E-state index contributed by atoms with van der Waals surface area (Å²) in [7, 11) is -0.251. The van der Waals surface area contributed by atoms with Crippen LogP contribution in [-0.2, 0) is 17.1 Å². The van der Waals surface area contributed by atoms with E-state index in [0.29, 0.717) is 30.3 Å². The summed E-state index contributed by atoms with van der Waals surface area (Å²) in [5.74, 6) is 1.28. The molecule has 3 rings (SSSR count). The number of hydrogen-bond acceptors (Lipinski definition) is 5. The number of benzene rings is 1. The molecule has 0 amide bonds. The summed E-state index contributed by atoms with van der Waals surface area (Å²) < 4.78 is 40.2. The monoisotopic (exact) mass is 365 g/mol. The van der Waals surface area contributed by atoms with Gasteiger partial charge in [0.1, 0.15) is 11.0 Å². The van der Waals surface area contributed by atoms with Gasteiger partial charge in [-0.05, 0) is 31.9 Å². The lowest BCUT2D eigenvalue weighted by Gasteiger charge is -2.32. The lowest BCUT2D eigenvalue weighted by Crippen LogP contribution is -2.44. The van der Waals surface area contributed by atoms with Crippen molar-refractivity contribution in [3.05, 3.63) is 36.2 Å². The second-order valence-electron chi connectivity index (χ2n) is 6.11. The van der Waals surface area contributed by atoms with E-state index in [1.165, 1.54) is 10.5 Å². The predicted octanol–water partition coefficient (Wildman–Crippen LogP) is 1.97. The Kier molecular flexibility index (Phi) is 5.01. The number of nitrogens with zero attached hydrogens (tertiary/aromatic N) is 3. The van der Waals surface area contributed by atoms with Crippen LogP contribution in [0.2, 0.25) is 0 Å². The third-order valence-corrected chi connectivity index (χ3v) is 6.48. The molecule has 1 aliphatic heterocycles. The number of hydrogen-bond donors (Lipinski definition) is 0. The molecule has 0 saturated carbocycles. The quantitative estimate of drug-likeness (QED) is 0.810. The standard InChI is InChI=1S/C17H23N3O4S/c1-13-17(11-18-19(13)2)25(21,22)20-10-6-7-14(12-20)24-16-9-5-4-8-15(16)23-3/h4-5,8-9,11,14H,6-7,10,12H2,1-3H3. The lowest BCUT2D eigenvalue weighted by molar-refractivity contribution is 0.126. The zero-order chi connectivity index (χ0) is 18.0. The fourth-order valence-corrected chi connectivity index (χ4v) is 4.68. The number of aryl methyl sites for hydroxylation is 1. The highest BCUT2D eigenvalue weighted by Gasteiger charge is 2.33. The van der Waals surface area contributed by atoms with Gasteiger partial charge in [0.25, 0.3) is 0 Å². The molecular formula is C17H23N3O4S. The molecule has 0 radical (unpaired) electrons. The van der Waals surface area contributed by atoms with Crippen LogP contribution in [0.3, 0.4) is 0 Å². The first-order valence-electron chi connectivity index (χ1n) is 8.22. The van der Waals surface area contributed by atoms with Gasteiger partial charge < -0.3 is 9.47 Å². The van der Waals surface area contributed by atoms with Crippen LogP contribution in [0, 0.1) is 6.92 Å². The minimum atomic E-state index is -3.57. The summed E-state index contributed by atoms with van der Waals surface area (Å²) >= 11 is 0. The Hall–Kier alpha value is -2.06. The maximum Gasteiger partial charge on any atom is 0.246 e. The predicted molar refractivity (Wildman–Crippen MR) is 93.3 cm³/mol. The van der Waals surface area contributed by atoms with Crippen LogP contribution >= 0.6 is 0 Å². The normalized spacial score (nSPS) is 18.9. The Labute approximate surface area is 148 Å². The van der Waals surface area contributed by atoms with Crippen LogP contribution in [0.15, 0.2) is 35.4 Å². The molecule has 1 fully saturated rings. The van der Waals surface area contributed by atoms with Crippen molar-refractivity contribution >= 4 is 10.0 Å². The van der Waals surface area contributed by atoms with E-state index in [4.69, 9.17) is 9.47 Å². The van der Waals surface area contributed by atoms with E-state index in [-0.39, 0.29) is 11.0 Å². The van der Waals surface area contributed by atoms with E-state index in [1.54, 1.807) is 25.8 Å². The second kappa shape index (κ2) is 7.05. The fraction of sp³-hybridized carbons (Fsp3) is 0.471. The first-order chi connectivity index (χ1) is 11.9. The van der Waals surface area contributed by atoms with Crippen molar-refractivity contribution in [3.8, 4) is 11.5 Å². The van der Waals surface area contributed by atoms with Gasteiger partial charge in [-0.1, -0.05) is 12.1 Å². The Morgan fingerprint density at radius 1 is 1.24 bits per heavy atom. The Bertz CT molecular complexity index is 847. The number of methoxy groups -OCH3 is 1. The van der Waals surface area contributed by atoms with Crippen LogP contribution in [0.4, 0.5) is 0 Å². The molecule has 1 aliphatic rings. The van der Waals surface area contributed by atoms with Gasteiger partial charge in [0.15, 0.2) is 11.5 Å². The molecule has 2 aromatic rings. The van der Waals surface area contributed by atoms with Crippen LogP contribution in [0.25, 0.3) is 0 Å². The molecular weight excluding hydrogens is 342 g/mol. The molecule has 0 spiro atoms. The highest BCUT2D eigenvalue weighted by atomic mass is 32.2. The van der Waals surface area contributed by atoms with Crippen molar-refractivity contribution < 1.29 is 17.9 Å². The summed E-state index contributed by atoms with van der Waals surface area (Å²) in [6, 6.07) is 7.39. The number of ether oxygens (including phenoxy) is 2. The Morgan fingerprint density at radius 2 is 1.96 bits per heavy atom. The summed E-state index contributed by atoms with van der Waals surface area (Å²) in [6.45, 7) is 2.56. The van der Waals surface area contributed by atoms with Crippen LogP contribution in [0.1, 0.15) is 18.5 Å². The average molecular weight is 365 g/mol. The van der Waals surface area contributed by atoms with E-state index in [9.17, 15) is 8.42 Å². The van der Waals surface area contributed by atoms with E-state index in [0.717, 1.165) is 12.8 Å². The molecule has 136 valence electrons. The molecule has 1 aromatic heterocycles. The van der Waals surface area contributed by atoms with Gasteiger partial charge in [0, 0.05) is 13.6 Å². The molecule has 25 heavy (non-hydrogen) atoms. The highest BCUT2D eigenvalue weighted by Crippen LogP contribution is 2.30. The molecule has 0 aliphatic carbocycles. The molecule has 2 heterocycles. The first-order valence-corrected chi connectivity index (χ1v) is 9.66. The van der Waals surface area contributed by atoms with Crippen LogP contribution in [0.5, 0.6) is 11.5 Å². The highest BCUT2D eigenvalue weighted by molar-refractivity contribution is 7.89. The van der Waals surface area contributed by atoms with Gasteiger partial charge in [-0.3, -0.25) is 4.68 Å². The summed E-state index contributed by atoms with van der Waals surface area (Å²) in [6.07, 6.45) is 2.75. The van der Waals surface area contributed by atoms with Gasteiger partial charge in [0.05, 0.1) is 25.5 Å². The van der Waals surface area contributed by atoms with Crippen LogP contribution < -0.4 is 9.47 Å². The minimum absolute atomic E-state index is 0.211. The van der Waals surface area contributed by atoms with Crippen molar-refractivity contribution in [1.29, 1.82) is 0 Å². The number of aromatic nitrogens is 2. The molecule has 7 nitrogen and oxygen atoms in total. The van der Waals surface area contributed by atoms with E-state index >= 15 is 0 Å². The number of rotatable bonds is 5. The largest absolute Gasteiger partial charge is 0.493 e. The average Bonchev–Trinajstić information content (AvgIpc) is 2.95. The zero-order valence-electron chi connectivity index (χ0n) is 14.7. The van der Waals surface area contributed by atoms with Gasteiger partial charge in [0.2, 0.25) is 10.0 Å². The minimum Gasteiger partial charge on any atom is -0.493 e. The second-order valence-corrected chi connectivity index (χ2v) is 8.02. The van der Waals surface area contributed by atoms with Crippen LogP contribution in [-0.4, -0.2) is 48.8 Å². The molecule has 0 N–H and O–H groups in total. The first kappa shape index (κ1) is 17.8. The number of para-hydroxylation sites is 2. The van der Waals surface area contributed by atoms with E-state index in [2.05, 4.69) is 5.10 Å². The fourth-order valence-electron chi connectivity index (χ4n) is 2.99. The van der Waals surface area contributed by atoms with Crippen molar-refractivity contribution in [2.75, 3.05) is 20.2 Å². The SMILES string of the molecule is COc1ccccc1OC1CCCN(S(=O)(=O)c2cnn(C)c2C)C1. The third kappa shape index (κ3) is 3.50. The van der Waals surface area contributed by atoms with Crippen molar-refractivity contribution in [2.45, 2.75) is 30.8 Å². The zero-order valence-corrected chi connectivity index (χ0v) is 15.5. The van der Waals surface area contributed by atoms with E-state index in [1.807, 2.05) is 24.3 Å². The lowest BCUT2D eigenvalue weighted by atomic mass is 10.1. The number of sulfonamides is 1. The molecule has 1 atom stereocenters. The van der Waals surface area contributed by atoms with Gasteiger partial charge in [-0.25, -0.2) is 8.42 Å². The summed E-state index contributed by atoms with van der Waals surface area (Å²) in [5, 5.41) is 4.05. The van der Waals surface area contributed by atoms with Gasteiger partial charge in [-0.15, -0.1) is 0 Å².